The number of hydrogen-bond donors (Lipinski definition) is 2. The van der Waals surface area contributed by atoms with Crippen LogP contribution < -0.4 is 20.1 Å². The fourth-order valence-corrected chi connectivity index (χ4v) is 5.85. The molecule has 0 unspecified atom stereocenters. The van der Waals surface area contributed by atoms with Crippen LogP contribution in [0.25, 0.3) is 10.9 Å². The smallest absolute Gasteiger partial charge is 0.255 e. The Morgan fingerprint density at radius 3 is 2.21 bits per heavy atom. The lowest BCUT2D eigenvalue weighted by molar-refractivity contribution is 0.101. The van der Waals surface area contributed by atoms with E-state index in [9.17, 15) is 14.0 Å². The number of benzene rings is 3. The van der Waals surface area contributed by atoms with E-state index in [4.69, 9.17) is 14.5 Å². The second kappa shape index (κ2) is 13.1. The third-order valence-corrected chi connectivity index (χ3v) is 9.67. The Morgan fingerprint density at radius 2 is 1.47 bits per heavy atom. The summed E-state index contributed by atoms with van der Waals surface area (Å²) in [5.41, 5.74) is 2.79. The van der Waals surface area contributed by atoms with E-state index in [0.29, 0.717) is 41.5 Å². The molecule has 2 amide bonds. The van der Waals surface area contributed by atoms with Gasteiger partial charge in [-0.25, -0.2) is 4.39 Å². The van der Waals surface area contributed by atoms with Gasteiger partial charge in [-0.15, -0.1) is 5.11 Å². The number of nitrogens with one attached hydrogen (secondary N) is 2. The van der Waals surface area contributed by atoms with Crippen molar-refractivity contribution < 1.29 is 23.5 Å². The molecule has 3 heterocycles. The SMILES string of the molecule is BC(B)(B)C(B)(B)N1CCN(Cc2ccc3cc(C(=O)Nc4cc(NC(=O)c5ccc6c(c5)OCCO6)ccc4F)ccc3n2)CC1. The Bertz CT molecular complexity index is 1830. The maximum Gasteiger partial charge on any atom is 0.255 e. The van der Waals surface area contributed by atoms with Gasteiger partial charge in [0.25, 0.3) is 11.8 Å². The van der Waals surface area contributed by atoms with Crippen LogP contribution in [0.5, 0.6) is 11.5 Å². The van der Waals surface area contributed by atoms with Crippen LogP contribution in [0, 0.1) is 5.82 Å². The number of fused-ring (bicyclic) bond motifs is 2. The molecule has 9 nitrogen and oxygen atoms in total. The van der Waals surface area contributed by atoms with E-state index in [0.717, 1.165) is 49.3 Å². The van der Waals surface area contributed by atoms with Crippen molar-refractivity contribution in [1.82, 2.24) is 14.8 Å². The van der Waals surface area contributed by atoms with Crippen molar-refractivity contribution >= 4 is 73.3 Å². The molecular weight excluding hydrogens is 591 g/mol. The summed E-state index contributed by atoms with van der Waals surface area (Å²) >= 11 is 0. The molecule has 3 aromatic carbocycles. The predicted molar refractivity (Wildman–Crippen MR) is 196 cm³/mol. The molecule has 236 valence electrons. The summed E-state index contributed by atoms with van der Waals surface area (Å²) in [4.78, 5) is 35.9. The van der Waals surface area contributed by atoms with Crippen LogP contribution in [0.15, 0.2) is 66.7 Å². The van der Waals surface area contributed by atoms with Gasteiger partial charge in [0.1, 0.15) is 34.7 Å². The molecule has 0 saturated carbocycles. The number of anilines is 2. The first-order valence-corrected chi connectivity index (χ1v) is 16.1. The Hall–Kier alpha value is -4.22. The van der Waals surface area contributed by atoms with Crippen molar-refractivity contribution in [1.29, 1.82) is 0 Å². The molecule has 2 aliphatic rings. The van der Waals surface area contributed by atoms with Crippen molar-refractivity contribution in [2.24, 2.45) is 0 Å². The molecular formula is C32H37B5FN5O4. The second-order valence-electron chi connectivity index (χ2n) is 13.7. The number of aromatic nitrogens is 1. The highest BCUT2D eigenvalue weighted by molar-refractivity contribution is 6.67. The number of rotatable bonds is 8. The lowest BCUT2D eigenvalue weighted by Gasteiger charge is -2.52. The number of piperazine rings is 1. The van der Waals surface area contributed by atoms with Gasteiger partial charge in [0, 0.05) is 54.9 Å². The Balaban J connectivity index is 1.08. The molecule has 0 bridgehead atoms. The molecule has 6 rings (SSSR count). The zero-order valence-corrected chi connectivity index (χ0v) is 27.7. The van der Waals surface area contributed by atoms with E-state index in [2.05, 4.69) is 59.7 Å². The number of carbonyl (C=O) groups excluding carboxylic acids is 2. The number of nitrogens with zero attached hydrogens (tertiary/aromatic N) is 3. The average molecular weight is 629 g/mol. The van der Waals surface area contributed by atoms with Gasteiger partial charge in [-0.2, -0.15) is 0 Å². The normalized spacial score (nSPS) is 15.7. The molecule has 15 heteroatoms. The number of halogens is 1. The average Bonchev–Trinajstić information content (AvgIpc) is 3.05. The number of carbonyl (C=O) groups is 2. The third kappa shape index (κ3) is 7.21. The molecule has 1 fully saturated rings. The van der Waals surface area contributed by atoms with Gasteiger partial charge in [0.05, 0.1) is 40.4 Å². The van der Waals surface area contributed by atoms with Crippen LogP contribution in [0.3, 0.4) is 0 Å². The topological polar surface area (TPSA) is 96.0 Å². The van der Waals surface area contributed by atoms with Crippen molar-refractivity contribution in [3.63, 3.8) is 0 Å². The van der Waals surface area contributed by atoms with Gasteiger partial charge in [-0.05, 0) is 60.7 Å². The lowest BCUT2D eigenvalue weighted by atomic mass is 9.26. The van der Waals surface area contributed by atoms with E-state index < -0.39 is 17.6 Å². The van der Waals surface area contributed by atoms with Crippen LogP contribution in [-0.2, 0) is 6.54 Å². The van der Waals surface area contributed by atoms with Crippen LogP contribution in [0.2, 0.25) is 5.11 Å². The van der Waals surface area contributed by atoms with Gasteiger partial charge in [0.2, 0.25) is 0 Å². The standard InChI is InChI=1S/C32H37B5FN5O4/c33-31(34,35)32(36,37)43-11-9-42(10-12-43)18-23-4-1-19-15-20(2-7-25(19)39-23)30(45)41-26-17-22(5-6-24(26)38)40-29(44)21-3-8-27-28(16-21)47-14-13-46-27/h1-8,15-17H,9-14,18,33-37H2,(H,40,44)(H,41,45). The first-order valence-electron chi connectivity index (χ1n) is 16.1. The summed E-state index contributed by atoms with van der Waals surface area (Å²) < 4.78 is 25.8. The van der Waals surface area contributed by atoms with Gasteiger partial charge in [-0.3, -0.25) is 19.5 Å². The monoisotopic (exact) mass is 629 g/mol. The van der Waals surface area contributed by atoms with Crippen LogP contribution in [-0.4, -0.2) is 111 Å². The highest BCUT2D eigenvalue weighted by atomic mass is 19.1. The Kier molecular flexibility index (Phi) is 9.13. The Morgan fingerprint density at radius 1 is 0.787 bits per heavy atom. The quantitative estimate of drug-likeness (QED) is 0.258. The number of pyridine rings is 1. The van der Waals surface area contributed by atoms with Gasteiger partial charge < -0.3 is 25.0 Å². The summed E-state index contributed by atoms with van der Waals surface area (Å²) in [5.74, 6) is -0.424. The van der Waals surface area contributed by atoms with Crippen molar-refractivity contribution in [2.45, 2.75) is 17.0 Å². The minimum atomic E-state index is -0.620. The van der Waals surface area contributed by atoms with Crippen molar-refractivity contribution in [2.75, 3.05) is 50.0 Å². The van der Waals surface area contributed by atoms with E-state index in [-0.39, 0.29) is 16.1 Å². The molecule has 0 aliphatic carbocycles. The fraction of sp³-hybridized carbons (Fsp3) is 0.281. The van der Waals surface area contributed by atoms with E-state index in [1.165, 1.54) is 18.2 Å². The molecule has 2 N–H and O–H groups in total. The molecule has 4 aromatic rings. The van der Waals surface area contributed by atoms with Gasteiger partial charge >= 0.3 is 0 Å². The summed E-state index contributed by atoms with van der Waals surface area (Å²) in [6.07, 6.45) is 0. The number of amides is 2. The minimum Gasteiger partial charge on any atom is -0.486 e. The summed E-state index contributed by atoms with van der Waals surface area (Å²) in [7, 11) is 11.6. The highest BCUT2D eigenvalue weighted by Gasteiger charge is 2.38. The largest absolute Gasteiger partial charge is 0.486 e. The maximum atomic E-state index is 14.7. The molecule has 0 atom stereocenters. The van der Waals surface area contributed by atoms with Gasteiger partial charge in [0.15, 0.2) is 11.5 Å². The van der Waals surface area contributed by atoms with E-state index >= 15 is 0 Å². The van der Waals surface area contributed by atoms with Crippen LogP contribution in [0.1, 0.15) is 26.4 Å². The summed E-state index contributed by atoms with van der Waals surface area (Å²) in [6.45, 7) is 5.63. The van der Waals surface area contributed by atoms with Crippen molar-refractivity contribution in [3.8, 4) is 11.5 Å². The molecule has 1 saturated heterocycles. The van der Waals surface area contributed by atoms with Crippen molar-refractivity contribution in [3.05, 3.63) is 89.4 Å². The lowest BCUT2D eigenvalue weighted by Crippen LogP contribution is -2.63. The van der Waals surface area contributed by atoms with Crippen LogP contribution in [0.4, 0.5) is 15.8 Å². The summed E-state index contributed by atoms with van der Waals surface area (Å²) in [5, 5.41) is 6.52. The number of ether oxygens (including phenoxy) is 2. The Labute approximate surface area is 279 Å². The first kappa shape index (κ1) is 32.7. The molecule has 0 spiro atoms. The highest BCUT2D eigenvalue weighted by Crippen LogP contribution is 2.32. The molecule has 1 aromatic heterocycles. The number of hydrogen-bond acceptors (Lipinski definition) is 7. The second-order valence-corrected chi connectivity index (χ2v) is 13.7. The fourth-order valence-electron chi connectivity index (χ4n) is 5.85. The van der Waals surface area contributed by atoms with E-state index in [1.54, 1.807) is 30.3 Å². The maximum absolute atomic E-state index is 14.7. The minimum absolute atomic E-state index is 0.0467. The zero-order valence-electron chi connectivity index (χ0n) is 27.7. The zero-order chi connectivity index (χ0) is 33.3. The summed E-state index contributed by atoms with van der Waals surface area (Å²) in [6, 6.07) is 18.2. The van der Waals surface area contributed by atoms with Crippen LogP contribution >= 0.6 is 0 Å². The van der Waals surface area contributed by atoms with E-state index in [1.807, 2.05) is 18.2 Å². The molecule has 2 aliphatic heterocycles. The molecule has 47 heavy (non-hydrogen) atoms. The van der Waals surface area contributed by atoms with Gasteiger partial charge in [-0.1, -0.05) is 11.4 Å². The first-order chi connectivity index (χ1) is 22.4. The molecule has 0 radical (unpaired) electrons. The predicted octanol–water partition coefficient (Wildman–Crippen LogP) is -0.340. The third-order valence-electron chi connectivity index (χ3n) is 9.67.